The van der Waals surface area contributed by atoms with E-state index in [0.29, 0.717) is 6.54 Å². The van der Waals surface area contributed by atoms with Gasteiger partial charge in [0.25, 0.3) is 0 Å². The highest BCUT2D eigenvalue weighted by molar-refractivity contribution is 6.61. The van der Waals surface area contributed by atoms with E-state index in [2.05, 4.69) is 0 Å². The molecule has 2 rings (SSSR count). The van der Waals surface area contributed by atoms with Crippen molar-refractivity contribution < 1.29 is 9.68 Å². The van der Waals surface area contributed by atoms with Crippen LogP contribution in [-0.2, 0) is 16.8 Å². The van der Waals surface area contributed by atoms with Gasteiger partial charge in [0.05, 0.1) is 5.60 Å². The van der Waals surface area contributed by atoms with Gasteiger partial charge in [-0.3, -0.25) is 0 Å². The highest BCUT2D eigenvalue weighted by atomic mass is 16.5. The molecule has 0 aliphatic carbocycles. The molecule has 1 heterocycles. The largest absolute Gasteiger partial charge is 0.492 e. The molecule has 0 unspecified atom stereocenters. The molecular weight excluding hydrogens is 225 g/mol. The van der Waals surface area contributed by atoms with Gasteiger partial charge in [-0.2, -0.15) is 0 Å². The number of benzene rings is 1. The Balaban J connectivity index is 0.000000659. The van der Waals surface area contributed by atoms with E-state index in [4.69, 9.17) is 10.4 Å². The van der Waals surface area contributed by atoms with Crippen LogP contribution in [0.15, 0.2) is 18.2 Å². The fraction of sp³-hybridized carbons (Fsp3) is 0.571. The molecule has 3 nitrogen and oxygen atoms in total. The van der Waals surface area contributed by atoms with Gasteiger partial charge < -0.3 is 15.4 Å². The van der Waals surface area contributed by atoms with E-state index >= 15 is 0 Å². The van der Waals surface area contributed by atoms with Gasteiger partial charge >= 0.3 is 7.12 Å². The molecule has 1 aromatic carbocycles. The third-order valence-electron chi connectivity index (χ3n) is 2.67. The Bertz CT molecular complexity index is 367. The fourth-order valence-corrected chi connectivity index (χ4v) is 1.87. The Hall–Kier alpha value is -0.835. The number of rotatable bonds is 1. The smallest absolute Gasteiger partial charge is 0.423 e. The van der Waals surface area contributed by atoms with Crippen molar-refractivity contribution >= 4 is 12.6 Å². The molecule has 1 aliphatic rings. The van der Waals surface area contributed by atoms with Gasteiger partial charge in [-0.25, -0.2) is 0 Å². The van der Waals surface area contributed by atoms with E-state index < -0.39 is 12.7 Å². The van der Waals surface area contributed by atoms with Crippen molar-refractivity contribution in [2.24, 2.45) is 5.73 Å². The fourth-order valence-electron chi connectivity index (χ4n) is 1.87. The first kappa shape index (κ1) is 17.2. The normalized spacial score (nSPS) is 15.0. The summed E-state index contributed by atoms with van der Waals surface area (Å²) in [5, 5.41) is 9.63. The van der Waals surface area contributed by atoms with Crippen LogP contribution in [-0.4, -0.2) is 12.1 Å². The molecule has 0 saturated heterocycles. The van der Waals surface area contributed by atoms with Crippen LogP contribution in [0.5, 0.6) is 0 Å². The van der Waals surface area contributed by atoms with E-state index in [-0.39, 0.29) is 0 Å². The summed E-state index contributed by atoms with van der Waals surface area (Å²) in [4.78, 5) is 0. The average molecular weight is 251 g/mol. The molecule has 0 spiro atoms. The zero-order chi connectivity index (χ0) is 14.3. The molecule has 4 heteroatoms. The van der Waals surface area contributed by atoms with Crippen molar-refractivity contribution in [3.63, 3.8) is 0 Å². The molecule has 3 N–H and O–H groups in total. The van der Waals surface area contributed by atoms with Crippen molar-refractivity contribution in [2.45, 2.75) is 53.7 Å². The average Bonchev–Trinajstić information content (AvgIpc) is 2.64. The van der Waals surface area contributed by atoms with Crippen molar-refractivity contribution in [3.05, 3.63) is 29.3 Å². The Morgan fingerprint density at radius 3 is 2.28 bits per heavy atom. The first-order chi connectivity index (χ1) is 8.54. The quantitative estimate of drug-likeness (QED) is 0.752. The molecular formula is C14H26BNO2. The van der Waals surface area contributed by atoms with E-state index in [1.807, 2.05) is 59.7 Å². The highest BCUT2D eigenvalue weighted by Gasteiger charge is 2.40. The van der Waals surface area contributed by atoms with E-state index in [9.17, 15) is 5.02 Å². The molecule has 0 bridgehead atoms. The standard InChI is InChI=1S/C10H14BNO2.2C2H6/c1-10(2)8-5-7(6-12)3-4-9(8)11(13)14-10;2*1-2/h3-5,13H,6,12H2,1-2H3;2*1-2H3. The van der Waals surface area contributed by atoms with Crippen LogP contribution in [0.1, 0.15) is 52.7 Å². The van der Waals surface area contributed by atoms with Crippen LogP contribution in [0, 0.1) is 0 Å². The van der Waals surface area contributed by atoms with E-state index in [0.717, 1.165) is 16.6 Å². The minimum Gasteiger partial charge on any atom is -0.423 e. The van der Waals surface area contributed by atoms with Crippen LogP contribution in [0.2, 0.25) is 0 Å². The van der Waals surface area contributed by atoms with Gasteiger partial charge in [0.15, 0.2) is 0 Å². The number of hydrogen-bond donors (Lipinski definition) is 2. The second kappa shape index (κ2) is 7.57. The molecule has 0 atom stereocenters. The summed E-state index contributed by atoms with van der Waals surface area (Å²) in [7, 11) is -0.799. The summed E-state index contributed by atoms with van der Waals surface area (Å²) in [6.45, 7) is 12.4. The van der Waals surface area contributed by atoms with Gasteiger partial charge in [0.2, 0.25) is 0 Å². The molecule has 0 saturated carbocycles. The Labute approximate surface area is 111 Å². The molecule has 0 fully saturated rings. The molecule has 18 heavy (non-hydrogen) atoms. The highest BCUT2D eigenvalue weighted by Crippen LogP contribution is 2.29. The van der Waals surface area contributed by atoms with Gasteiger partial charge in [0, 0.05) is 6.54 Å². The zero-order valence-electron chi connectivity index (χ0n) is 12.4. The molecule has 0 radical (unpaired) electrons. The van der Waals surface area contributed by atoms with Crippen LogP contribution in [0.25, 0.3) is 0 Å². The third kappa shape index (κ3) is 3.58. The number of nitrogens with two attached hydrogens (primary N) is 1. The summed E-state index contributed by atoms with van der Waals surface area (Å²) in [5.74, 6) is 0. The van der Waals surface area contributed by atoms with Gasteiger partial charge in [0.1, 0.15) is 0 Å². The SMILES string of the molecule is CC.CC.CC1(C)OB(O)c2ccc(CN)cc21. The molecule has 0 aromatic heterocycles. The maximum Gasteiger partial charge on any atom is 0.492 e. The first-order valence-electron chi connectivity index (χ1n) is 6.74. The molecule has 0 amide bonds. The second-order valence-electron chi connectivity index (χ2n) is 4.11. The Kier molecular flexibility index (Phi) is 7.22. The van der Waals surface area contributed by atoms with Crippen molar-refractivity contribution in [1.29, 1.82) is 0 Å². The Morgan fingerprint density at radius 2 is 1.78 bits per heavy atom. The lowest BCUT2D eigenvalue weighted by Crippen LogP contribution is -2.28. The maximum atomic E-state index is 9.63. The van der Waals surface area contributed by atoms with Gasteiger partial charge in [-0.05, 0) is 30.4 Å². The lowest BCUT2D eigenvalue weighted by molar-refractivity contribution is 0.101. The second-order valence-corrected chi connectivity index (χ2v) is 4.11. The minimum atomic E-state index is -0.799. The monoisotopic (exact) mass is 251 g/mol. The van der Waals surface area contributed by atoms with Crippen LogP contribution >= 0.6 is 0 Å². The van der Waals surface area contributed by atoms with Gasteiger partial charge in [-0.1, -0.05) is 45.9 Å². The van der Waals surface area contributed by atoms with Crippen molar-refractivity contribution in [1.82, 2.24) is 0 Å². The van der Waals surface area contributed by atoms with Crippen molar-refractivity contribution in [2.75, 3.05) is 0 Å². The summed E-state index contributed by atoms with van der Waals surface area (Å²) in [6.07, 6.45) is 0. The van der Waals surface area contributed by atoms with E-state index in [1.54, 1.807) is 0 Å². The predicted molar refractivity (Wildman–Crippen MR) is 78.7 cm³/mol. The molecule has 1 aliphatic heterocycles. The lowest BCUT2D eigenvalue weighted by Gasteiger charge is -2.20. The third-order valence-corrected chi connectivity index (χ3v) is 2.67. The summed E-state index contributed by atoms with van der Waals surface area (Å²) >= 11 is 0. The Morgan fingerprint density at radius 1 is 1.22 bits per heavy atom. The van der Waals surface area contributed by atoms with Gasteiger partial charge in [-0.15, -0.1) is 0 Å². The number of fused-ring (bicyclic) bond motifs is 1. The predicted octanol–water partition coefficient (Wildman–Crippen LogP) is 2.15. The maximum absolute atomic E-state index is 9.63. The van der Waals surface area contributed by atoms with Crippen LogP contribution in [0.4, 0.5) is 0 Å². The van der Waals surface area contributed by atoms with Crippen LogP contribution < -0.4 is 11.2 Å². The summed E-state index contributed by atoms with van der Waals surface area (Å²) in [5.41, 5.74) is 8.10. The molecule has 102 valence electrons. The van der Waals surface area contributed by atoms with Crippen LogP contribution in [0.3, 0.4) is 0 Å². The molecule has 1 aromatic rings. The van der Waals surface area contributed by atoms with Crippen molar-refractivity contribution in [3.8, 4) is 0 Å². The summed E-state index contributed by atoms with van der Waals surface area (Å²) < 4.78 is 5.43. The minimum absolute atomic E-state index is 0.417. The first-order valence-corrected chi connectivity index (χ1v) is 6.74. The zero-order valence-corrected chi connectivity index (χ0v) is 12.4. The lowest BCUT2D eigenvalue weighted by atomic mass is 9.78. The van der Waals surface area contributed by atoms with E-state index in [1.165, 1.54) is 0 Å². The topological polar surface area (TPSA) is 55.5 Å². The number of hydrogen-bond acceptors (Lipinski definition) is 3. The summed E-state index contributed by atoms with van der Waals surface area (Å²) in [6, 6.07) is 5.81.